The fourth-order valence-electron chi connectivity index (χ4n) is 4.35. The van der Waals surface area contributed by atoms with Crippen LogP contribution in [0.3, 0.4) is 0 Å². The summed E-state index contributed by atoms with van der Waals surface area (Å²) in [6, 6.07) is 5.95. The molecule has 0 unspecified atom stereocenters. The zero-order valence-corrected chi connectivity index (χ0v) is 22.5. The van der Waals surface area contributed by atoms with E-state index < -0.39 is 0 Å². The zero-order valence-electron chi connectivity index (χ0n) is 20.8. The molecule has 0 bridgehead atoms. The SMILES string of the molecule is CCn1c(SCC(=O)Nc2sc3c(c2C#N)CCCCC3)nnc1-c1cc(OC)c(OC)c(OC)c1. The Kier molecular flexibility index (Phi) is 8.38. The standard InChI is InChI=1S/C25H29N5O4S2/c1-5-30-23(15-11-18(32-2)22(34-4)19(12-15)33-3)28-29-25(30)35-14-21(31)27-24-17(13-26)16-9-7-6-8-10-20(16)36-24/h11-12H,5-10,14H2,1-4H3,(H,27,31). The largest absolute Gasteiger partial charge is 0.493 e. The van der Waals surface area contributed by atoms with Crippen LogP contribution in [0.5, 0.6) is 17.2 Å². The predicted octanol–water partition coefficient (Wildman–Crippen LogP) is 4.92. The van der Waals surface area contributed by atoms with Crippen LogP contribution in [0.25, 0.3) is 11.4 Å². The number of fused-ring (bicyclic) bond motifs is 1. The number of nitrogens with one attached hydrogen (secondary N) is 1. The highest BCUT2D eigenvalue weighted by Crippen LogP contribution is 2.41. The van der Waals surface area contributed by atoms with Gasteiger partial charge in [-0.2, -0.15) is 5.26 Å². The number of hydrogen-bond acceptors (Lipinski definition) is 9. The van der Waals surface area contributed by atoms with Crippen LogP contribution in [0.15, 0.2) is 17.3 Å². The quantitative estimate of drug-likeness (QED) is 0.308. The second-order valence-electron chi connectivity index (χ2n) is 8.18. The number of carbonyl (C=O) groups is 1. The van der Waals surface area contributed by atoms with Gasteiger partial charge in [-0.15, -0.1) is 21.5 Å². The van der Waals surface area contributed by atoms with Crippen LogP contribution in [-0.4, -0.2) is 47.8 Å². The number of aromatic nitrogens is 3. The van der Waals surface area contributed by atoms with Crippen LogP contribution in [0.2, 0.25) is 0 Å². The van der Waals surface area contributed by atoms with Gasteiger partial charge in [-0.25, -0.2) is 0 Å². The van der Waals surface area contributed by atoms with Crippen LogP contribution in [-0.2, 0) is 24.2 Å². The second kappa shape index (κ2) is 11.7. The van der Waals surface area contributed by atoms with Crippen LogP contribution < -0.4 is 19.5 Å². The van der Waals surface area contributed by atoms with Gasteiger partial charge in [0.25, 0.3) is 0 Å². The molecule has 1 N–H and O–H groups in total. The minimum Gasteiger partial charge on any atom is -0.493 e. The van der Waals surface area contributed by atoms with E-state index in [0.717, 1.165) is 36.8 Å². The van der Waals surface area contributed by atoms with Gasteiger partial charge in [-0.1, -0.05) is 18.2 Å². The third kappa shape index (κ3) is 5.15. The van der Waals surface area contributed by atoms with Gasteiger partial charge in [0.15, 0.2) is 22.5 Å². The summed E-state index contributed by atoms with van der Waals surface area (Å²) in [4.78, 5) is 14.0. The number of nitriles is 1. The van der Waals surface area contributed by atoms with Crippen molar-refractivity contribution in [1.29, 1.82) is 5.26 Å². The molecule has 0 fully saturated rings. The van der Waals surface area contributed by atoms with Crippen molar-refractivity contribution in [2.75, 3.05) is 32.4 Å². The highest BCUT2D eigenvalue weighted by atomic mass is 32.2. The van der Waals surface area contributed by atoms with Crippen molar-refractivity contribution in [1.82, 2.24) is 14.8 Å². The average molecular weight is 528 g/mol. The Balaban J connectivity index is 1.51. The number of thiophene rings is 1. The molecule has 0 radical (unpaired) electrons. The molecule has 11 heteroatoms. The topological polar surface area (TPSA) is 111 Å². The summed E-state index contributed by atoms with van der Waals surface area (Å²) in [5, 5.41) is 22.7. The lowest BCUT2D eigenvalue weighted by molar-refractivity contribution is -0.113. The minimum absolute atomic E-state index is 0.154. The monoisotopic (exact) mass is 527 g/mol. The molecule has 0 saturated heterocycles. The summed E-state index contributed by atoms with van der Waals surface area (Å²) >= 11 is 2.84. The summed E-state index contributed by atoms with van der Waals surface area (Å²) < 4.78 is 18.3. The van der Waals surface area contributed by atoms with E-state index in [1.54, 1.807) is 21.3 Å². The highest BCUT2D eigenvalue weighted by Gasteiger charge is 2.22. The highest BCUT2D eigenvalue weighted by molar-refractivity contribution is 7.99. The van der Waals surface area contributed by atoms with Crippen molar-refractivity contribution >= 4 is 34.0 Å². The molecule has 1 aliphatic carbocycles. The van der Waals surface area contributed by atoms with Crippen LogP contribution in [0, 0.1) is 11.3 Å². The summed E-state index contributed by atoms with van der Waals surface area (Å²) in [7, 11) is 4.68. The summed E-state index contributed by atoms with van der Waals surface area (Å²) in [6.07, 6.45) is 5.28. The van der Waals surface area contributed by atoms with E-state index in [-0.39, 0.29) is 11.7 Å². The predicted molar refractivity (Wildman–Crippen MR) is 140 cm³/mol. The van der Waals surface area contributed by atoms with E-state index in [2.05, 4.69) is 21.6 Å². The first-order valence-corrected chi connectivity index (χ1v) is 13.6. The van der Waals surface area contributed by atoms with Crippen molar-refractivity contribution < 1.29 is 19.0 Å². The Morgan fingerprint density at radius 2 is 1.86 bits per heavy atom. The maximum absolute atomic E-state index is 12.8. The third-order valence-electron chi connectivity index (χ3n) is 6.07. The molecule has 1 amide bonds. The van der Waals surface area contributed by atoms with Gasteiger partial charge in [-0.3, -0.25) is 4.79 Å². The number of nitrogens with zero attached hydrogens (tertiary/aromatic N) is 4. The van der Waals surface area contributed by atoms with Gasteiger partial charge in [0, 0.05) is 17.0 Å². The van der Waals surface area contributed by atoms with E-state index >= 15 is 0 Å². The van der Waals surface area contributed by atoms with Gasteiger partial charge >= 0.3 is 0 Å². The van der Waals surface area contributed by atoms with Gasteiger partial charge in [0.05, 0.1) is 32.6 Å². The maximum atomic E-state index is 12.8. The Bertz CT molecular complexity index is 1270. The minimum atomic E-state index is -0.173. The molecule has 0 atom stereocenters. The molecule has 3 aromatic rings. The number of carbonyl (C=O) groups excluding carboxylic acids is 1. The molecule has 36 heavy (non-hydrogen) atoms. The number of aryl methyl sites for hydroxylation is 1. The Hall–Kier alpha value is -3.23. The lowest BCUT2D eigenvalue weighted by atomic mass is 10.1. The Morgan fingerprint density at radius 1 is 1.14 bits per heavy atom. The van der Waals surface area contributed by atoms with Crippen molar-refractivity contribution in [2.45, 2.75) is 50.7 Å². The molecule has 0 aliphatic heterocycles. The van der Waals surface area contributed by atoms with Crippen LogP contribution >= 0.6 is 23.1 Å². The molecular formula is C25H29N5O4S2. The van der Waals surface area contributed by atoms with Crippen molar-refractivity contribution in [3.05, 3.63) is 28.1 Å². The number of ether oxygens (including phenoxy) is 3. The van der Waals surface area contributed by atoms with Gasteiger partial charge in [0.2, 0.25) is 11.7 Å². The Morgan fingerprint density at radius 3 is 2.50 bits per heavy atom. The van der Waals surface area contributed by atoms with Crippen molar-refractivity contribution in [3.63, 3.8) is 0 Å². The second-order valence-corrected chi connectivity index (χ2v) is 10.2. The third-order valence-corrected chi connectivity index (χ3v) is 8.25. The number of methoxy groups -OCH3 is 3. The van der Waals surface area contributed by atoms with E-state index in [9.17, 15) is 10.1 Å². The summed E-state index contributed by atoms with van der Waals surface area (Å²) in [5.41, 5.74) is 2.49. The van der Waals surface area contributed by atoms with Crippen molar-refractivity contribution in [3.8, 4) is 34.7 Å². The number of thioether (sulfide) groups is 1. The molecule has 2 heterocycles. The molecule has 2 aromatic heterocycles. The fraction of sp³-hybridized carbons (Fsp3) is 0.440. The first-order chi connectivity index (χ1) is 17.5. The molecule has 4 rings (SSSR count). The van der Waals surface area contributed by atoms with E-state index in [0.29, 0.717) is 45.3 Å². The number of rotatable bonds is 9. The van der Waals surface area contributed by atoms with Gasteiger partial charge in [-0.05, 0) is 50.3 Å². The molecular weight excluding hydrogens is 498 g/mol. The smallest absolute Gasteiger partial charge is 0.235 e. The molecule has 1 aliphatic rings. The van der Waals surface area contributed by atoms with Crippen molar-refractivity contribution in [2.24, 2.45) is 0 Å². The normalized spacial score (nSPS) is 12.9. The molecule has 0 saturated carbocycles. The van der Waals surface area contributed by atoms with E-state index in [1.807, 2.05) is 23.6 Å². The van der Waals surface area contributed by atoms with Gasteiger partial charge < -0.3 is 24.1 Å². The number of hydrogen-bond donors (Lipinski definition) is 1. The number of anilines is 1. The molecule has 9 nitrogen and oxygen atoms in total. The first kappa shape index (κ1) is 25.9. The number of amides is 1. The van der Waals surface area contributed by atoms with Gasteiger partial charge in [0.1, 0.15) is 11.1 Å². The molecule has 0 spiro atoms. The number of benzene rings is 1. The first-order valence-electron chi connectivity index (χ1n) is 11.7. The Labute approximate surface area is 218 Å². The molecule has 1 aromatic carbocycles. The molecule has 190 valence electrons. The van der Waals surface area contributed by atoms with Crippen LogP contribution in [0.1, 0.15) is 42.2 Å². The zero-order chi connectivity index (χ0) is 25.7. The van der Waals surface area contributed by atoms with Crippen LogP contribution in [0.4, 0.5) is 5.00 Å². The maximum Gasteiger partial charge on any atom is 0.235 e. The summed E-state index contributed by atoms with van der Waals surface area (Å²) in [6.45, 7) is 2.60. The fourth-order valence-corrected chi connectivity index (χ4v) is 6.40. The lowest BCUT2D eigenvalue weighted by Crippen LogP contribution is -2.14. The average Bonchev–Trinajstić information content (AvgIpc) is 3.38. The van der Waals surface area contributed by atoms with E-state index in [1.165, 1.54) is 34.4 Å². The lowest BCUT2D eigenvalue weighted by Gasteiger charge is -2.14. The van der Waals surface area contributed by atoms with E-state index in [4.69, 9.17) is 14.2 Å². The summed E-state index contributed by atoms with van der Waals surface area (Å²) in [5.74, 6) is 2.16.